The highest BCUT2D eigenvalue weighted by molar-refractivity contribution is 6.04. The minimum atomic E-state index is -0.291. The highest BCUT2D eigenvalue weighted by Crippen LogP contribution is 2.30. The van der Waals surface area contributed by atoms with Crippen LogP contribution in [0.3, 0.4) is 0 Å². The highest BCUT2D eigenvalue weighted by Gasteiger charge is 2.22. The lowest BCUT2D eigenvalue weighted by Gasteiger charge is -2.33. The molecule has 0 aliphatic carbocycles. The van der Waals surface area contributed by atoms with Gasteiger partial charge in [-0.15, -0.1) is 0 Å². The molecule has 3 rings (SSSR count). The summed E-state index contributed by atoms with van der Waals surface area (Å²) in [6.45, 7) is 6.09. The van der Waals surface area contributed by atoms with Crippen LogP contribution in [0.5, 0.6) is 5.75 Å². The van der Waals surface area contributed by atoms with Crippen LogP contribution in [0.15, 0.2) is 42.5 Å². The molecule has 0 unspecified atom stereocenters. The molecule has 1 heterocycles. The molecule has 0 aromatic heterocycles. The number of hydrogen-bond acceptors (Lipinski definition) is 5. The Kier molecular flexibility index (Phi) is 6.72. The zero-order valence-corrected chi connectivity index (χ0v) is 17.1. The number of ether oxygens (including phenoxy) is 2. The number of para-hydroxylation sites is 2. The molecule has 2 aromatic rings. The zero-order chi connectivity index (χ0) is 20.8. The molecule has 154 valence electrons. The molecular formula is C22H27N3O4. The standard InChI is InChI=1S/C22H27N3O4/c1-16-8-9-21(28-3)18(14-16)23-22(27)15-25(17(2)26)20-7-5-4-6-19(20)24-10-12-29-13-11-24/h4-9,14H,10-13,15H2,1-3H3,(H,23,27). The Hall–Kier alpha value is -3.06. The van der Waals surface area contributed by atoms with Gasteiger partial charge >= 0.3 is 0 Å². The number of amides is 2. The molecule has 7 heteroatoms. The number of hydrogen-bond donors (Lipinski definition) is 1. The van der Waals surface area contributed by atoms with Crippen LogP contribution in [0.4, 0.5) is 17.1 Å². The molecule has 1 saturated heterocycles. The van der Waals surface area contributed by atoms with E-state index in [0.717, 1.165) is 24.3 Å². The van der Waals surface area contributed by atoms with Crippen LogP contribution >= 0.6 is 0 Å². The average Bonchev–Trinajstić information content (AvgIpc) is 2.73. The molecule has 0 bridgehead atoms. The summed E-state index contributed by atoms with van der Waals surface area (Å²) in [5.41, 5.74) is 3.23. The summed E-state index contributed by atoms with van der Waals surface area (Å²) in [6.07, 6.45) is 0. The number of nitrogens with one attached hydrogen (secondary N) is 1. The predicted molar refractivity (Wildman–Crippen MR) is 114 cm³/mol. The highest BCUT2D eigenvalue weighted by atomic mass is 16.5. The second kappa shape index (κ2) is 9.43. The lowest BCUT2D eigenvalue weighted by atomic mass is 10.2. The van der Waals surface area contributed by atoms with E-state index in [1.807, 2.05) is 43.3 Å². The number of nitrogens with zero attached hydrogens (tertiary/aromatic N) is 2. The van der Waals surface area contributed by atoms with Gasteiger partial charge in [0.15, 0.2) is 0 Å². The van der Waals surface area contributed by atoms with E-state index in [9.17, 15) is 9.59 Å². The first-order chi connectivity index (χ1) is 14.0. The molecule has 1 aliphatic rings. The van der Waals surface area contributed by atoms with Crippen molar-refractivity contribution in [2.24, 2.45) is 0 Å². The van der Waals surface area contributed by atoms with Gasteiger partial charge in [-0.1, -0.05) is 18.2 Å². The molecule has 0 radical (unpaired) electrons. The van der Waals surface area contributed by atoms with Crippen molar-refractivity contribution >= 4 is 28.9 Å². The molecule has 2 aromatic carbocycles. The Morgan fingerprint density at radius 2 is 1.90 bits per heavy atom. The third-order valence-corrected chi connectivity index (χ3v) is 4.84. The number of anilines is 3. The van der Waals surface area contributed by atoms with Crippen molar-refractivity contribution in [3.8, 4) is 5.75 Å². The number of morpholine rings is 1. The summed E-state index contributed by atoms with van der Waals surface area (Å²) in [5, 5.41) is 2.86. The molecule has 1 N–H and O–H groups in total. The maximum absolute atomic E-state index is 12.8. The van der Waals surface area contributed by atoms with Gasteiger partial charge in [0, 0.05) is 20.0 Å². The SMILES string of the molecule is COc1ccc(C)cc1NC(=O)CN(C(C)=O)c1ccccc1N1CCOCC1. The number of carbonyl (C=O) groups is 2. The van der Waals surface area contributed by atoms with Crippen molar-refractivity contribution in [3.63, 3.8) is 0 Å². The van der Waals surface area contributed by atoms with Crippen molar-refractivity contribution in [1.29, 1.82) is 0 Å². The Bertz CT molecular complexity index is 878. The monoisotopic (exact) mass is 397 g/mol. The van der Waals surface area contributed by atoms with Crippen molar-refractivity contribution in [1.82, 2.24) is 0 Å². The van der Waals surface area contributed by atoms with Crippen molar-refractivity contribution in [2.45, 2.75) is 13.8 Å². The summed E-state index contributed by atoms with van der Waals surface area (Å²) in [7, 11) is 1.56. The lowest BCUT2D eigenvalue weighted by Crippen LogP contribution is -2.40. The first-order valence-electron chi connectivity index (χ1n) is 9.64. The second-order valence-electron chi connectivity index (χ2n) is 6.95. The first kappa shape index (κ1) is 20.7. The summed E-state index contributed by atoms with van der Waals surface area (Å²) in [6, 6.07) is 13.2. The maximum atomic E-state index is 12.8. The van der Waals surface area contributed by atoms with Crippen LogP contribution in [0.1, 0.15) is 12.5 Å². The quantitative estimate of drug-likeness (QED) is 0.812. The summed E-state index contributed by atoms with van der Waals surface area (Å²) in [5.74, 6) is 0.0880. The third kappa shape index (κ3) is 5.06. The number of rotatable bonds is 6. The van der Waals surface area contributed by atoms with Crippen LogP contribution in [0.2, 0.25) is 0 Å². The molecule has 1 aliphatic heterocycles. The number of methoxy groups -OCH3 is 1. The van der Waals surface area contributed by atoms with E-state index in [0.29, 0.717) is 30.3 Å². The fourth-order valence-electron chi connectivity index (χ4n) is 3.38. The maximum Gasteiger partial charge on any atom is 0.244 e. The Balaban J connectivity index is 1.82. The van der Waals surface area contributed by atoms with E-state index >= 15 is 0 Å². The van der Waals surface area contributed by atoms with Gasteiger partial charge in [0.05, 0.1) is 37.4 Å². The molecule has 7 nitrogen and oxygen atoms in total. The van der Waals surface area contributed by atoms with Gasteiger partial charge in [0.2, 0.25) is 11.8 Å². The van der Waals surface area contributed by atoms with Crippen LogP contribution in [0, 0.1) is 6.92 Å². The van der Waals surface area contributed by atoms with Gasteiger partial charge in [-0.2, -0.15) is 0 Å². The van der Waals surface area contributed by atoms with Crippen LogP contribution in [-0.2, 0) is 14.3 Å². The summed E-state index contributed by atoms with van der Waals surface area (Å²) < 4.78 is 10.8. The van der Waals surface area contributed by atoms with E-state index in [2.05, 4.69) is 10.2 Å². The van der Waals surface area contributed by atoms with Gasteiger partial charge in [-0.05, 0) is 36.8 Å². The summed E-state index contributed by atoms with van der Waals surface area (Å²) >= 11 is 0. The smallest absolute Gasteiger partial charge is 0.244 e. The predicted octanol–water partition coefficient (Wildman–Crippen LogP) is 2.83. The van der Waals surface area contributed by atoms with Gasteiger partial charge < -0.3 is 24.6 Å². The zero-order valence-electron chi connectivity index (χ0n) is 17.1. The van der Waals surface area contributed by atoms with Crippen LogP contribution in [-0.4, -0.2) is 51.8 Å². The van der Waals surface area contributed by atoms with E-state index in [1.165, 1.54) is 11.8 Å². The van der Waals surface area contributed by atoms with E-state index in [1.54, 1.807) is 13.2 Å². The van der Waals surface area contributed by atoms with Crippen molar-refractivity contribution in [2.75, 3.05) is 55.1 Å². The van der Waals surface area contributed by atoms with E-state index < -0.39 is 0 Å². The topological polar surface area (TPSA) is 71.1 Å². The molecule has 1 fully saturated rings. The van der Waals surface area contributed by atoms with E-state index in [-0.39, 0.29) is 18.4 Å². The normalized spacial score (nSPS) is 13.7. The average molecular weight is 397 g/mol. The van der Waals surface area contributed by atoms with Crippen LogP contribution < -0.4 is 19.9 Å². The fraction of sp³-hybridized carbons (Fsp3) is 0.364. The van der Waals surface area contributed by atoms with Gasteiger partial charge in [0.25, 0.3) is 0 Å². The molecule has 2 amide bonds. The van der Waals surface area contributed by atoms with Gasteiger partial charge in [0.1, 0.15) is 12.3 Å². The van der Waals surface area contributed by atoms with Gasteiger partial charge in [-0.3, -0.25) is 9.59 Å². The van der Waals surface area contributed by atoms with E-state index in [4.69, 9.17) is 9.47 Å². The molecular weight excluding hydrogens is 370 g/mol. The lowest BCUT2D eigenvalue weighted by molar-refractivity contribution is -0.120. The number of aryl methyl sites for hydroxylation is 1. The third-order valence-electron chi connectivity index (χ3n) is 4.84. The molecule has 0 spiro atoms. The van der Waals surface area contributed by atoms with Crippen molar-refractivity contribution in [3.05, 3.63) is 48.0 Å². The molecule has 0 atom stereocenters. The Morgan fingerprint density at radius 3 is 2.59 bits per heavy atom. The number of benzene rings is 2. The molecule has 29 heavy (non-hydrogen) atoms. The Labute approximate surface area is 171 Å². The van der Waals surface area contributed by atoms with Gasteiger partial charge in [-0.25, -0.2) is 0 Å². The fourth-order valence-corrected chi connectivity index (χ4v) is 3.38. The largest absolute Gasteiger partial charge is 0.495 e. The second-order valence-corrected chi connectivity index (χ2v) is 6.95. The first-order valence-corrected chi connectivity index (χ1v) is 9.64. The number of carbonyl (C=O) groups excluding carboxylic acids is 2. The van der Waals surface area contributed by atoms with Crippen LogP contribution in [0.25, 0.3) is 0 Å². The minimum Gasteiger partial charge on any atom is -0.495 e. The Morgan fingerprint density at radius 1 is 1.17 bits per heavy atom. The molecule has 0 saturated carbocycles. The summed E-state index contributed by atoms with van der Waals surface area (Å²) in [4.78, 5) is 28.9. The van der Waals surface area contributed by atoms with Crippen molar-refractivity contribution < 1.29 is 19.1 Å². The minimum absolute atomic E-state index is 0.0895.